The first-order chi connectivity index (χ1) is 14.7. The summed E-state index contributed by atoms with van der Waals surface area (Å²) in [4.78, 5) is 12.0. The number of carbonyl (C=O) groups is 1. The van der Waals surface area contributed by atoms with Crippen molar-refractivity contribution in [2.45, 2.75) is 84.0 Å². The molecule has 2 atom stereocenters. The summed E-state index contributed by atoms with van der Waals surface area (Å²) in [5, 5.41) is 3.60. The Balaban J connectivity index is 1.83. The number of nitrogens with one attached hydrogen (secondary N) is 1. The fourth-order valence-electron chi connectivity index (χ4n) is 4.27. The Bertz CT molecular complexity index is 788. The molecule has 0 aromatic heterocycles. The molecule has 0 aliphatic carbocycles. The van der Waals surface area contributed by atoms with E-state index >= 15 is 0 Å². The van der Waals surface area contributed by atoms with E-state index in [9.17, 15) is 4.79 Å². The first kappa shape index (κ1) is 23.3. The molecule has 4 heteroatoms. The van der Waals surface area contributed by atoms with Crippen molar-refractivity contribution in [2.75, 3.05) is 6.54 Å². The topological polar surface area (TPSA) is 47.6 Å². The Labute approximate surface area is 187 Å². The van der Waals surface area contributed by atoms with Gasteiger partial charge in [0.15, 0.2) is 0 Å². The van der Waals surface area contributed by atoms with Crippen LogP contribution in [0, 0.1) is 0 Å². The summed E-state index contributed by atoms with van der Waals surface area (Å²) in [6, 6.07) is 18.1. The molecule has 2 aromatic carbocycles. The molecule has 1 fully saturated rings. The normalized spacial score (nSPS) is 18.9. The largest absolute Gasteiger partial charge is 0.508 e. The Morgan fingerprint density at radius 1 is 0.806 bits per heavy atom. The zero-order chi connectivity index (χ0) is 22.5. The highest BCUT2D eigenvalue weighted by atomic mass is 16.7. The van der Waals surface area contributed by atoms with Gasteiger partial charge in [0.2, 0.25) is 0 Å². The lowest BCUT2D eigenvalue weighted by atomic mass is 9.82. The number of benzene rings is 2. The average Bonchev–Trinajstić information content (AvgIpc) is 3.16. The molecule has 168 valence electrons. The number of rotatable bonds is 7. The smallest absolute Gasteiger partial charge is 0.432 e. The molecule has 0 saturated carbocycles. The second-order valence-electron chi connectivity index (χ2n) is 9.53. The van der Waals surface area contributed by atoms with Gasteiger partial charge in [0, 0.05) is 24.9 Å². The van der Waals surface area contributed by atoms with Gasteiger partial charge in [0.25, 0.3) is 0 Å². The van der Waals surface area contributed by atoms with Crippen LogP contribution in [0.25, 0.3) is 0 Å². The van der Waals surface area contributed by atoms with Crippen molar-refractivity contribution in [1.29, 1.82) is 0 Å². The standard InChI is InChI=1S/C27H37NO3/c1-17(2)20-7-11-22(12-8-20)26(23-13-9-21(10-14-23)18(3)4)25-15-24(16-28-25)31-27(29)30-19(5)6/h7-14,17-19,24-26,28H,15-16H2,1-6H3/t24-,25-/m1/s1. The van der Waals surface area contributed by atoms with Gasteiger partial charge in [-0.25, -0.2) is 4.79 Å². The number of hydrogen-bond donors (Lipinski definition) is 1. The van der Waals surface area contributed by atoms with Gasteiger partial charge >= 0.3 is 6.16 Å². The highest BCUT2D eigenvalue weighted by Gasteiger charge is 2.34. The quantitative estimate of drug-likeness (QED) is 0.527. The summed E-state index contributed by atoms with van der Waals surface area (Å²) < 4.78 is 10.7. The molecule has 0 radical (unpaired) electrons. The second-order valence-corrected chi connectivity index (χ2v) is 9.53. The van der Waals surface area contributed by atoms with Crippen molar-refractivity contribution in [3.63, 3.8) is 0 Å². The molecular weight excluding hydrogens is 386 g/mol. The third-order valence-corrected chi connectivity index (χ3v) is 6.05. The Hall–Kier alpha value is -2.33. The molecule has 0 amide bonds. The van der Waals surface area contributed by atoms with Gasteiger partial charge in [0.1, 0.15) is 6.10 Å². The lowest BCUT2D eigenvalue weighted by Crippen LogP contribution is -2.29. The Kier molecular flexibility index (Phi) is 7.77. The van der Waals surface area contributed by atoms with Crippen LogP contribution in [0.5, 0.6) is 0 Å². The molecule has 0 spiro atoms. The first-order valence-electron chi connectivity index (χ1n) is 11.5. The van der Waals surface area contributed by atoms with E-state index in [2.05, 4.69) is 81.5 Å². The van der Waals surface area contributed by atoms with E-state index in [0.29, 0.717) is 18.4 Å². The SMILES string of the molecule is CC(C)OC(=O)O[C@H]1CN[C@@H](C(c2ccc(C(C)C)cc2)c2ccc(C(C)C)cc2)C1. The van der Waals surface area contributed by atoms with E-state index < -0.39 is 6.16 Å². The van der Waals surface area contributed by atoms with Crippen molar-refractivity contribution >= 4 is 6.16 Å². The Morgan fingerprint density at radius 3 is 1.68 bits per heavy atom. The molecule has 1 N–H and O–H groups in total. The van der Waals surface area contributed by atoms with Gasteiger partial charge < -0.3 is 14.8 Å². The first-order valence-corrected chi connectivity index (χ1v) is 11.5. The third-order valence-electron chi connectivity index (χ3n) is 6.05. The maximum absolute atomic E-state index is 12.0. The van der Waals surface area contributed by atoms with Crippen LogP contribution in [0.4, 0.5) is 4.79 Å². The van der Waals surface area contributed by atoms with Gasteiger partial charge in [-0.1, -0.05) is 76.2 Å². The van der Waals surface area contributed by atoms with E-state index in [1.54, 1.807) is 0 Å². The monoisotopic (exact) mass is 423 g/mol. The van der Waals surface area contributed by atoms with Gasteiger partial charge in [0.05, 0.1) is 6.10 Å². The van der Waals surface area contributed by atoms with Crippen molar-refractivity contribution in [3.05, 3.63) is 70.8 Å². The van der Waals surface area contributed by atoms with Crippen molar-refractivity contribution < 1.29 is 14.3 Å². The molecule has 0 bridgehead atoms. The summed E-state index contributed by atoms with van der Waals surface area (Å²) in [6.45, 7) is 13.2. The van der Waals surface area contributed by atoms with Gasteiger partial charge in [-0.2, -0.15) is 0 Å². The van der Waals surface area contributed by atoms with Crippen LogP contribution in [0.3, 0.4) is 0 Å². The molecule has 0 unspecified atom stereocenters. The molecular formula is C27H37NO3. The molecule has 1 heterocycles. The van der Waals surface area contributed by atoms with Crippen molar-refractivity contribution in [2.24, 2.45) is 0 Å². The maximum atomic E-state index is 12.0. The van der Waals surface area contributed by atoms with Gasteiger partial charge in [-0.05, 0) is 47.9 Å². The summed E-state index contributed by atoms with van der Waals surface area (Å²) in [5.74, 6) is 1.21. The fourth-order valence-corrected chi connectivity index (χ4v) is 4.27. The predicted octanol–water partition coefficient (Wildman–Crippen LogP) is 6.36. The van der Waals surface area contributed by atoms with E-state index in [4.69, 9.17) is 9.47 Å². The van der Waals surface area contributed by atoms with Crippen LogP contribution in [0.15, 0.2) is 48.5 Å². The van der Waals surface area contributed by atoms with Crippen LogP contribution in [0.2, 0.25) is 0 Å². The van der Waals surface area contributed by atoms with Gasteiger partial charge in [-0.15, -0.1) is 0 Å². The highest BCUT2D eigenvalue weighted by Crippen LogP contribution is 2.34. The zero-order valence-corrected chi connectivity index (χ0v) is 19.7. The zero-order valence-electron chi connectivity index (χ0n) is 19.7. The Morgan fingerprint density at radius 2 is 1.26 bits per heavy atom. The van der Waals surface area contributed by atoms with E-state index in [-0.39, 0.29) is 24.2 Å². The average molecular weight is 424 g/mol. The maximum Gasteiger partial charge on any atom is 0.508 e. The summed E-state index contributed by atoms with van der Waals surface area (Å²) in [7, 11) is 0. The van der Waals surface area contributed by atoms with Crippen LogP contribution in [-0.4, -0.2) is 30.9 Å². The predicted molar refractivity (Wildman–Crippen MR) is 126 cm³/mol. The molecule has 4 nitrogen and oxygen atoms in total. The molecule has 1 aliphatic rings. The molecule has 2 aromatic rings. The van der Waals surface area contributed by atoms with Crippen LogP contribution in [-0.2, 0) is 9.47 Å². The van der Waals surface area contributed by atoms with E-state index in [1.165, 1.54) is 22.3 Å². The number of hydrogen-bond acceptors (Lipinski definition) is 4. The van der Waals surface area contributed by atoms with Crippen molar-refractivity contribution in [3.8, 4) is 0 Å². The molecule has 31 heavy (non-hydrogen) atoms. The molecule has 3 rings (SSSR count). The lowest BCUT2D eigenvalue weighted by molar-refractivity contribution is 0.0118. The van der Waals surface area contributed by atoms with Crippen LogP contribution in [0.1, 0.15) is 88.0 Å². The van der Waals surface area contributed by atoms with E-state index in [0.717, 1.165) is 6.42 Å². The number of ether oxygens (including phenoxy) is 2. The summed E-state index contributed by atoms with van der Waals surface area (Å²) in [5.41, 5.74) is 5.25. The summed E-state index contributed by atoms with van der Waals surface area (Å²) >= 11 is 0. The lowest BCUT2D eigenvalue weighted by Gasteiger charge is -2.26. The minimum absolute atomic E-state index is 0.177. The minimum atomic E-state index is -0.582. The minimum Gasteiger partial charge on any atom is -0.432 e. The second kappa shape index (κ2) is 10.3. The molecule has 1 aliphatic heterocycles. The third kappa shape index (κ3) is 6.10. The van der Waals surface area contributed by atoms with Crippen molar-refractivity contribution in [1.82, 2.24) is 5.32 Å². The van der Waals surface area contributed by atoms with Crippen LogP contribution < -0.4 is 5.32 Å². The fraction of sp³-hybridized carbons (Fsp3) is 0.519. The van der Waals surface area contributed by atoms with Gasteiger partial charge in [-0.3, -0.25) is 0 Å². The summed E-state index contributed by atoms with van der Waals surface area (Å²) in [6.07, 6.45) is -0.176. The molecule has 1 saturated heterocycles. The number of carbonyl (C=O) groups excluding carboxylic acids is 1. The highest BCUT2D eigenvalue weighted by molar-refractivity contribution is 5.60. The van der Waals surface area contributed by atoms with Crippen LogP contribution >= 0.6 is 0 Å². The van der Waals surface area contributed by atoms with E-state index in [1.807, 2.05) is 13.8 Å².